The zero-order valence-corrected chi connectivity index (χ0v) is 18.0. The minimum atomic E-state index is -0.463. The first kappa shape index (κ1) is 22.2. The number of hydrogen-bond acceptors (Lipinski definition) is 7. The number of nitrogens with zero attached hydrogens (tertiary/aromatic N) is 1. The van der Waals surface area contributed by atoms with Crippen LogP contribution in [0.3, 0.4) is 0 Å². The maximum absolute atomic E-state index is 12.6. The number of carbonyl (C=O) groups is 2. The quantitative estimate of drug-likeness (QED) is 0.244. The van der Waals surface area contributed by atoms with E-state index in [1.54, 1.807) is 13.2 Å². The maximum atomic E-state index is 12.6. The van der Waals surface area contributed by atoms with E-state index in [1.165, 1.54) is 16.7 Å². The van der Waals surface area contributed by atoms with Gasteiger partial charge in [0, 0.05) is 0 Å². The van der Waals surface area contributed by atoms with Crippen molar-refractivity contribution in [1.29, 1.82) is 0 Å². The lowest BCUT2D eigenvalue weighted by Gasteiger charge is -2.13. The van der Waals surface area contributed by atoms with E-state index >= 15 is 0 Å². The highest BCUT2D eigenvalue weighted by Gasteiger charge is 2.33. The topological polar surface area (TPSA) is 65.1 Å². The van der Waals surface area contributed by atoms with E-state index in [9.17, 15) is 9.59 Å². The normalized spacial score (nSPS) is 15.2. The van der Waals surface area contributed by atoms with Crippen molar-refractivity contribution in [2.75, 3.05) is 26.9 Å². The monoisotopic (exact) mass is 423 g/mol. The Labute approximate surface area is 175 Å². The number of benzene rings is 1. The van der Waals surface area contributed by atoms with E-state index in [4.69, 9.17) is 26.4 Å². The first-order chi connectivity index (χ1) is 13.5. The molecule has 0 N–H and O–H groups in total. The van der Waals surface area contributed by atoms with Crippen molar-refractivity contribution in [3.8, 4) is 11.5 Å². The van der Waals surface area contributed by atoms with E-state index < -0.39 is 5.97 Å². The number of esters is 1. The largest absolute Gasteiger partial charge is 0.493 e. The van der Waals surface area contributed by atoms with Gasteiger partial charge in [0.05, 0.1) is 25.2 Å². The molecular weight excluding hydrogens is 398 g/mol. The second-order valence-corrected chi connectivity index (χ2v) is 7.78. The van der Waals surface area contributed by atoms with Gasteiger partial charge < -0.3 is 14.2 Å². The molecule has 0 spiro atoms. The molecule has 1 aliphatic rings. The molecule has 0 bridgehead atoms. The Morgan fingerprint density at radius 1 is 1.21 bits per heavy atom. The van der Waals surface area contributed by atoms with Gasteiger partial charge in [-0.05, 0) is 36.6 Å². The molecule has 1 fully saturated rings. The Bertz CT molecular complexity index is 763. The van der Waals surface area contributed by atoms with Crippen molar-refractivity contribution in [1.82, 2.24) is 4.90 Å². The lowest BCUT2D eigenvalue weighted by atomic mass is 10.2. The van der Waals surface area contributed by atoms with Gasteiger partial charge in [-0.15, -0.1) is 0 Å². The molecule has 0 aromatic heterocycles. The summed E-state index contributed by atoms with van der Waals surface area (Å²) in [5, 5.41) is 0. The molecule has 6 nitrogen and oxygen atoms in total. The second kappa shape index (κ2) is 11.1. The van der Waals surface area contributed by atoms with Crippen molar-refractivity contribution < 1.29 is 23.8 Å². The van der Waals surface area contributed by atoms with Crippen LogP contribution in [-0.2, 0) is 14.3 Å². The Morgan fingerprint density at radius 2 is 2.00 bits per heavy atom. The number of rotatable bonds is 10. The molecule has 1 aliphatic heterocycles. The fourth-order valence-corrected chi connectivity index (χ4v) is 3.65. The highest BCUT2D eigenvalue weighted by molar-refractivity contribution is 8.26. The summed E-state index contributed by atoms with van der Waals surface area (Å²) in [7, 11) is 1.58. The zero-order chi connectivity index (χ0) is 20.5. The number of methoxy groups -OCH3 is 1. The highest BCUT2D eigenvalue weighted by atomic mass is 32.2. The Hall–Kier alpha value is -2.06. The van der Waals surface area contributed by atoms with Crippen molar-refractivity contribution in [2.24, 2.45) is 0 Å². The third-order valence-electron chi connectivity index (χ3n) is 3.87. The number of thiocarbonyl (C=S) groups is 1. The molecule has 8 heteroatoms. The lowest BCUT2D eigenvalue weighted by Crippen LogP contribution is -2.34. The smallest absolute Gasteiger partial charge is 0.326 e. The molecule has 2 rings (SSSR count). The van der Waals surface area contributed by atoms with E-state index in [0.29, 0.717) is 33.9 Å². The van der Waals surface area contributed by atoms with Crippen LogP contribution in [0.1, 0.15) is 38.7 Å². The molecule has 1 saturated heterocycles. The fourth-order valence-electron chi connectivity index (χ4n) is 2.40. The van der Waals surface area contributed by atoms with Gasteiger partial charge in [-0.1, -0.05) is 50.3 Å². The number of thioether (sulfide) groups is 1. The van der Waals surface area contributed by atoms with E-state index in [2.05, 4.69) is 6.92 Å². The summed E-state index contributed by atoms with van der Waals surface area (Å²) in [5.41, 5.74) is 0.786. The predicted molar refractivity (Wildman–Crippen MR) is 115 cm³/mol. The van der Waals surface area contributed by atoms with Crippen LogP contribution in [0.25, 0.3) is 6.08 Å². The molecule has 1 aromatic rings. The number of ether oxygens (including phenoxy) is 3. The summed E-state index contributed by atoms with van der Waals surface area (Å²) in [4.78, 5) is 26.1. The molecule has 1 heterocycles. The summed E-state index contributed by atoms with van der Waals surface area (Å²) in [6.07, 6.45) is 4.47. The second-order valence-electron chi connectivity index (χ2n) is 6.10. The van der Waals surface area contributed by atoms with Crippen LogP contribution in [0.2, 0.25) is 0 Å². The summed E-state index contributed by atoms with van der Waals surface area (Å²) >= 11 is 6.41. The van der Waals surface area contributed by atoms with Crippen LogP contribution in [0.4, 0.5) is 0 Å². The molecule has 28 heavy (non-hydrogen) atoms. The van der Waals surface area contributed by atoms with Gasteiger partial charge >= 0.3 is 5.97 Å². The number of unbranched alkanes of at least 4 members (excludes halogenated alkanes) is 1. The van der Waals surface area contributed by atoms with Gasteiger partial charge in [0.15, 0.2) is 11.5 Å². The minimum absolute atomic E-state index is 0.171. The van der Waals surface area contributed by atoms with E-state index in [-0.39, 0.29) is 12.5 Å². The van der Waals surface area contributed by atoms with Crippen LogP contribution in [0.15, 0.2) is 23.1 Å². The van der Waals surface area contributed by atoms with Gasteiger partial charge in [-0.25, -0.2) is 0 Å². The Balaban J connectivity index is 2.11. The van der Waals surface area contributed by atoms with Crippen molar-refractivity contribution in [2.45, 2.75) is 33.1 Å². The van der Waals surface area contributed by atoms with Crippen LogP contribution in [-0.4, -0.2) is 48.0 Å². The molecule has 0 atom stereocenters. The van der Waals surface area contributed by atoms with Crippen molar-refractivity contribution in [3.63, 3.8) is 0 Å². The van der Waals surface area contributed by atoms with E-state index in [1.807, 2.05) is 25.1 Å². The molecule has 0 radical (unpaired) electrons. The number of hydrogen-bond donors (Lipinski definition) is 0. The molecule has 1 aromatic carbocycles. The van der Waals surface area contributed by atoms with Crippen LogP contribution in [0, 0.1) is 0 Å². The van der Waals surface area contributed by atoms with E-state index in [0.717, 1.165) is 24.8 Å². The first-order valence-electron chi connectivity index (χ1n) is 9.22. The predicted octanol–water partition coefficient (Wildman–Crippen LogP) is 4.03. The summed E-state index contributed by atoms with van der Waals surface area (Å²) < 4.78 is 16.5. The van der Waals surface area contributed by atoms with Gasteiger partial charge in [-0.3, -0.25) is 14.5 Å². The average molecular weight is 424 g/mol. The van der Waals surface area contributed by atoms with Crippen LogP contribution >= 0.6 is 24.0 Å². The highest BCUT2D eigenvalue weighted by Crippen LogP contribution is 2.34. The Kier molecular flexibility index (Phi) is 8.79. The van der Waals surface area contributed by atoms with Crippen LogP contribution in [0.5, 0.6) is 11.5 Å². The SMILES string of the molecule is CCCCOc1ccc(/C=C2\SC(=S)N(CC(=O)OCCC)C2=O)cc1OC. The summed E-state index contributed by atoms with van der Waals surface area (Å²) in [6, 6.07) is 5.48. The summed E-state index contributed by atoms with van der Waals surface area (Å²) in [6.45, 7) is 4.79. The average Bonchev–Trinajstić information content (AvgIpc) is 2.94. The number of amides is 1. The number of carbonyl (C=O) groups excluding carboxylic acids is 2. The Morgan fingerprint density at radius 3 is 2.68 bits per heavy atom. The van der Waals surface area contributed by atoms with Crippen LogP contribution < -0.4 is 9.47 Å². The van der Waals surface area contributed by atoms with Crippen molar-refractivity contribution in [3.05, 3.63) is 28.7 Å². The summed E-state index contributed by atoms with van der Waals surface area (Å²) in [5.74, 6) is 0.503. The molecular formula is C20H25NO5S2. The standard InChI is InChI=1S/C20H25NO5S2/c1-4-6-10-25-15-8-7-14(11-16(15)24-3)12-17-19(23)21(20(27)28-17)13-18(22)26-9-5-2/h7-8,11-12H,4-6,9-10,13H2,1-3H3/b17-12-. The molecule has 0 aliphatic carbocycles. The molecule has 0 unspecified atom stereocenters. The fraction of sp³-hybridized carbons (Fsp3) is 0.450. The molecule has 0 saturated carbocycles. The first-order valence-corrected chi connectivity index (χ1v) is 10.4. The third kappa shape index (κ3) is 5.97. The van der Waals surface area contributed by atoms with Gasteiger partial charge in [0.2, 0.25) is 0 Å². The third-order valence-corrected chi connectivity index (χ3v) is 5.25. The van der Waals surface area contributed by atoms with Gasteiger partial charge in [-0.2, -0.15) is 0 Å². The molecule has 1 amide bonds. The van der Waals surface area contributed by atoms with Crippen molar-refractivity contribution >= 4 is 46.3 Å². The maximum Gasteiger partial charge on any atom is 0.326 e. The lowest BCUT2D eigenvalue weighted by molar-refractivity contribution is -0.146. The minimum Gasteiger partial charge on any atom is -0.493 e. The van der Waals surface area contributed by atoms with Gasteiger partial charge in [0.1, 0.15) is 10.9 Å². The molecule has 152 valence electrons. The zero-order valence-electron chi connectivity index (χ0n) is 16.4. The van der Waals surface area contributed by atoms with Gasteiger partial charge in [0.25, 0.3) is 5.91 Å².